The van der Waals surface area contributed by atoms with E-state index in [2.05, 4.69) is 20.8 Å². The Morgan fingerprint density at radius 3 is 2.90 bits per heavy atom. The molecule has 2 amide bonds. The Bertz CT molecular complexity index is 606. The second-order valence-electron chi connectivity index (χ2n) is 4.32. The number of carbonyl (C=O) groups is 1. The summed E-state index contributed by atoms with van der Waals surface area (Å²) in [6.45, 7) is -0.0997. The Labute approximate surface area is 125 Å². The first-order valence-corrected chi connectivity index (χ1v) is 6.56. The molecule has 6 nitrogen and oxygen atoms in total. The number of aromatic amines is 1. The van der Waals surface area contributed by atoms with Crippen LogP contribution in [-0.4, -0.2) is 27.9 Å². The highest BCUT2D eigenvalue weighted by molar-refractivity contribution is 6.30. The Kier molecular flexibility index (Phi) is 5.13. The van der Waals surface area contributed by atoms with E-state index >= 15 is 0 Å². The fourth-order valence-electron chi connectivity index (χ4n) is 1.73. The minimum Gasteiger partial charge on any atom is -0.394 e. The number of aliphatic hydroxyl groups is 1. The van der Waals surface area contributed by atoms with Gasteiger partial charge in [0, 0.05) is 6.20 Å². The molecule has 0 aliphatic carbocycles. The van der Waals surface area contributed by atoms with Crippen LogP contribution in [-0.2, 0) is 6.54 Å². The molecule has 0 radical (unpaired) electrons. The Hall–Kier alpha value is -2.12. The summed E-state index contributed by atoms with van der Waals surface area (Å²) in [4.78, 5) is 11.7. The van der Waals surface area contributed by atoms with Crippen molar-refractivity contribution >= 4 is 17.6 Å². The molecule has 0 spiro atoms. The molecule has 21 heavy (non-hydrogen) atoms. The number of nitrogens with zero attached hydrogens (tertiary/aromatic N) is 1. The Morgan fingerprint density at radius 1 is 1.48 bits per heavy atom. The zero-order valence-electron chi connectivity index (χ0n) is 10.9. The third-order valence-corrected chi connectivity index (χ3v) is 3.14. The van der Waals surface area contributed by atoms with Gasteiger partial charge in [-0.2, -0.15) is 5.10 Å². The number of hydrogen-bond acceptors (Lipinski definition) is 3. The molecule has 0 saturated carbocycles. The van der Waals surface area contributed by atoms with Gasteiger partial charge in [-0.05, 0) is 23.8 Å². The molecule has 0 fully saturated rings. The third-order valence-electron chi connectivity index (χ3n) is 2.83. The Morgan fingerprint density at radius 2 is 2.29 bits per heavy atom. The number of benzene rings is 1. The van der Waals surface area contributed by atoms with E-state index in [1.807, 2.05) is 0 Å². The predicted molar refractivity (Wildman–Crippen MR) is 75.2 cm³/mol. The van der Waals surface area contributed by atoms with Gasteiger partial charge in [0.15, 0.2) is 0 Å². The maximum absolute atomic E-state index is 13.4. The molecule has 8 heteroatoms. The van der Waals surface area contributed by atoms with Gasteiger partial charge in [0.1, 0.15) is 5.82 Å². The van der Waals surface area contributed by atoms with Crippen LogP contribution in [0.2, 0.25) is 5.02 Å². The number of urea groups is 1. The largest absolute Gasteiger partial charge is 0.394 e. The lowest BCUT2D eigenvalue weighted by atomic mass is 10.1. The lowest BCUT2D eigenvalue weighted by Crippen LogP contribution is -2.39. The van der Waals surface area contributed by atoms with Crippen LogP contribution in [0.15, 0.2) is 30.5 Å². The number of halogens is 2. The average Bonchev–Trinajstić information content (AvgIpc) is 2.99. The van der Waals surface area contributed by atoms with Crippen LogP contribution in [0, 0.1) is 5.82 Å². The van der Waals surface area contributed by atoms with E-state index < -0.39 is 17.9 Å². The number of H-pyrrole nitrogens is 1. The van der Waals surface area contributed by atoms with Crippen LogP contribution in [0.3, 0.4) is 0 Å². The molecule has 1 aromatic carbocycles. The quantitative estimate of drug-likeness (QED) is 0.678. The van der Waals surface area contributed by atoms with Gasteiger partial charge in [-0.15, -0.1) is 0 Å². The number of nitrogens with one attached hydrogen (secondary N) is 3. The zero-order valence-corrected chi connectivity index (χ0v) is 11.7. The van der Waals surface area contributed by atoms with Gasteiger partial charge in [-0.25, -0.2) is 9.18 Å². The van der Waals surface area contributed by atoms with Crippen molar-refractivity contribution in [2.24, 2.45) is 0 Å². The fourth-order valence-corrected chi connectivity index (χ4v) is 1.85. The molecule has 0 saturated heterocycles. The second-order valence-corrected chi connectivity index (χ2v) is 4.72. The number of rotatable bonds is 5. The van der Waals surface area contributed by atoms with Gasteiger partial charge in [0.05, 0.1) is 29.9 Å². The summed E-state index contributed by atoms with van der Waals surface area (Å²) in [5.74, 6) is -0.604. The van der Waals surface area contributed by atoms with Gasteiger partial charge >= 0.3 is 6.03 Å². The van der Waals surface area contributed by atoms with Crippen molar-refractivity contribution in [3.8, 4) is 0 Å². The minimum atomic E-state index is -0.724. The van der Waals surface area contributed by atoms with E-state index in [4.69, 9.17) is 11.6 Å². The maximum Gasteiger partial charge on any atom is 0.315 e. The molecule has 0 aliphatic rings. The highest BCUT2D eigenvalue weighted by atomic mass is 35.5. The molecule has 2 rings (SSSR count). The predicted octanol–water partition coefficient (Wildman–Crippen LogP) is 1.73. The molecule has 1 aromatic heterocycles. The lowest BCUT2D eigenvalue weighted by Gasteiger charge is -2.17. The zero-order chi connectivity index (χ0) is 15.2. The lowest BCUT2D eigenvalue weighted by molar-refractivity contribution is 0.216. The molecular weight excluding hydrogens is 299 g/mol. The van der Waals surface area contributed by atoms with Gasteiger partial charge in [-0.1, -0.05) is 17.7 Å². The molecule has 1 unspecified atom stereocenters. The molecule has 0 bridgehead atoms. The molecule has 4 N–H and O–H groups in total. The summed E-state index contributed by atoms with van der Waals surface area (Å²) in [5, 5.41) is 20.9. The van der Waals surface area contributed by atoms with E-state index in [-0.39, 0.29) is 18.2 Å². The molecule has 2 aromatic rings. The normalized spacial score (nSPS) is 12.0. The van der Waals surface area contributed by atoms with Crippen molar-refractivity contribution in [3.63, 3.8) is 0 Å². The van der Waals surface area contributed by atoms with Gasteiger partial charge in [-0.3, -0.25) is 5.10 Å². The molecule has 1 atom stereocenters. The standard InChI is InChI=1S/C13H14ClFN4O2/c14-10-2-1-8(5-11(10)15)12(7-20)18-13(21)16-6-9-3-4-17-19-9/h1-5,12,20H,6-7H2,(H,17,19)(H2,16,18,21). The summed E-state index contributed by atoms with van der Waals surface area (Å²) in [7, 11) is 0. The number of hydrogen-bond donors (Lipinski definition) is 4. The molecule has 112 valence electrons. The van der Waals surface area contributed by atoms with Crippen LogP contribution < -0.4 is 10.6 Å². The maximum atomic E-state index is 13.4. The van der Waals surface area contributed by atoms with Crippen LogP contribution in [0.4, 0.5) is 9.18 Å². The number of aliphatic hydroxyl groups excluding tert-OH is 1. The first kappa shape index (κ1) is 15.3. The highest BCUT2D eigenvalue weighted by Crippen LogP contribution is 2.20. The van der Waals surface area contributed by atoms with E-state index in [0.717, 1.165) is 5.69 Å². The summed E-state index contributed by atoms with van der Waals surface area (Å²) >= 11 is 5.59. The van der Waals surface area contributed by atoms with Crippen LogP contribution in [0.5, 0.6) is 0 Å². The van der Waals surface area contributed by atoms with Crippen molar-refractivity contribution < 1.29 is 14.3 Å². The van der Waals surface area contributed by atoms with Crippen molar-refractivity contribution in [1.29, 1.82) is 0 Å². The minimum absolute atomic E-state index is 0.0147. The highest BCUT2D eigenvalue weighted by Gasteiger charge is 2.15. The fraction of sp³-hybridized carbons (Fsp3) is 0.231. The van der Waals surface area contributed by atoms with E-state index in [0.29, 0.717) is 5.56 Å². The third kappa shape index (κ3) is 4.17. The van der Waals surface area contributed by atoms with E-state index in [1.165, 1.54) is 12.1 Å². The second kappa shape index (κ2) is 7.05. The Balaban J connectivity index is 1.94. The number of carbonyl (C=O) groups excluding carboxylic acids is 1. The van der Waals surface area contributed by atoms with Crippen LogP contribution >= 0.6 is 11.6 Å². The molecule has 0 aliphatic heterocycles. The van der Waals surface area contributed by atoms with Crippen molar-refractivity contribution in [2.45, 2.75) is 12.6 Å². The van der Waals surface area contributed by atoms with E-state index in [9.17, 15) is 14.3 Å². The summed E-state index contributed by atoms with van der Waals surface area (Å²) in [6, 6.07) is 4.61. The summed E-state index contributed by atoms with van der Waals surface area (Å²) < 4.78 is 13.4. The van der Waals surface area contributed by atoms with Crippen LogP contribution in [0.1, 0.15) is 17.3 Å². The first-order chi connectivity index (χ1) is 10.1. The van der Waals surface area contributed by atoms with E-state index in [1.54, 1.807) is 18.3 Å². The molecule has 1 heterocycles. The van der Waals surface area contributed by atoms with Gasteiger partial charge < -0.3 is 15.7 Å². The summed E-state index contributed by atoms with van der Waals surface area (Å²) in [6.07, 6.45) is 1.57. The summed E-state index contributed by atoms with van der Waals surface area (Å²) in [5.41, 5.74) is 1.17. The average molecular weight is 313 g/mol. The number of aromatic nitrogens is 2. The SMILES string of the molecule is O=C(NCc1ccn[nH]1)NC(CO)c1ccc(Cl)c(F)c1. The van der Waals surface area contributed by atoms with Gasteiger partial charge in [0.25, 0.3) is 0 Å². The number of amides is 2. The topological polar surface area (TPSA) is 90.0 Å². The smallest absolute Gasteiger partial charge is 0.315 e. The van der Waals surface area contributed by atoms with Crippen molar-refractivity contribution in [3.05, 3.63) is 52.6 Å². The van der Waals surface area contributed by atoms with Crippen LogP contribution in [0.25, 0.3) is 0 Å². The van der Waals surface area contributed by atoms with Crippen molar-refractivity contribution in [2.75, 3.05) is 6.61 Å². The first-order valence-electron chi connectivity index (χ1n) is 6.18. The molecular formula is C13H14ClFN4O2. The van der Waals surface area contributed by atoms with Crippen molar-refractivity contribution in [1.82, 2.24) is 20.8 Å². The monoisotopic (exact) mass is 312 g/mol. The van der Waals surface area contributed by atoms with Gasteiger partial charge in [0.2, 0.25) is 0 Å².